The van der Waals surface area contributed by atoms with Crippen LogP contribution in [0.2, 0.25) is 0 Å². The molecule has 3 rings (SSSR count). The van der Waals surface area contributed by atoms with Gasteiger partial charge >= 0.3 is 0 Å². The third kappa shape index (κ3) is 4.81. The third-order valence-electron chi connectivity index (χ3n) is 3.88. The van der Waals surface area contributed by atoms with Gasteiger partial charge in [-0.3, -0.25) is 4.79 Å². The summed E-state index contributed by atoms with van der Waals surface area (Å²) in [6, 6.07) is 11.3. The summed E-state index contributed by atoms with van der Waals surface area (Å²) in [4.78, 5) is 14.1. The van der Waals surface area contributed by atoms with E-state index in [9.17, 15) is 13.2 Å². The molecule has 2 aromatic rings. The first kappa shape index (κ1) is 17.9. The summed E-state index contributed by atoms with van der Waals surface area (Å²) < 4.78 is 30.2. The fourth-order valence-electron chi connectivity index (χ4n) is 2.72. The molecule has 8 heteroatoms. The normalized spacial score (nSPS) is 16.8. The van der Waals surface area contributed by atoms with Crippen molar-refractivity contribution in [2.24, 2.45) is 0 Å². The van der Waals surface area contributed by atoms with Gasteiger partial charge in [0.1, 0.15) is 5.75 Å². The highest BCUT2D eigenvalue weighted by molar-refractivity contribution is 7.88. The average Bonchev–Trinajstić information content (AvgIpc) is 3.03. The average molecular weight is 380 g/mol. The number of thiophene rings is 1. The van der Waals surface area contributed by atoms with Crippen molar-refractivity contribution in [2.45, 2.75) is 18.9 Å². The van der Waals surface area contributed by atoms with Crippen LogP contribution < -0.4 is 14.8 Å². The molecule has 2 heterocycles. The Morgan fingerprint density at radius 2 is 2.08 bits per heavy atom. The first-order valence-electron chi connectivity index (χ1n) is 7.98. The van der Waals surface area contributed by atoms with Crippen LogP contribution in [0, 0.1) is 0 Å². The molecule has 0 bridgehead atoms. The molecular weight excluding hydrogens is 360 g/mol. The van der Waals surface area contributed by atoms with E-state index in [1.807, 2.05) is 30.3 Å². The van der Waals surface area contributed by atoms with Crippen LogP contribution >= 0.6 is 11.3 Å². The van der Waals surface area contributed by atoms with Gasteiger partial charge in [-0.05, 0) is 24.6 Å². The Hall–Kier alpha value is -1.90. The third-order valence-corrected chi connectivity index (χ3v) is 5.76. The molecule has 1 aliphatic rings. The molecule has 0 radical (unpaired) electrons. The maximum absolute atomic E-state index is 12.5. The molecule has 1 unspecified atom stereocenters. The number of fused-ring (bicyclic) bond motifs is 1. The largest absolute Gasteiger partial charge is 0.493 e. The second kappa shape index (κ2) is 7.55. The van der Waals surface area contributed by atoms with Crippen LogP contribution in [0.1, 0.15) is 32.6 Å². The van der Waals surface area contributed by atoms with Gasteiger partial charge in [0.15, 0.2) is 0 Å². The minimum Gasteiger partial charge on any atom is -0.493 e. The SMILES string of the molecule is CS(=O)(=O)NCCc1ccc(C(=O)NC2CCOc3ccccc32)s1. The van der Waals surface area contributed by atoms with E-state index in [-0.39, 0.29) is 11.9 Å². The summed E-state index contributed by atoms with van der Waals surface area (Å²) in [5.41, 5.74) is 0.997. The fourth-order valence-corrected chi connectivity index (χ4v) is 4.10. The zero-order valence-corrected chi connectivity index (χ0v) is 15.5. The number of benzene rings is 1. The summed E-state index contributed by atoms with van der Waals surface area (Å²) in [6.07, 6.45) is 2.43. The molecule has 1 amide bonds. The Kier molecular flexibility index (Phi) is 5.41. The molecular formula is C17H20N2O4S2. The lowest BCUT2D eigenvalue weighted by Gasteiger charge is -2.26. The van der Waals surface area contributed by atoms with Crippen molar-refractivity contribution in [3.8, 4) is 5.75 Å². The molecule has 25 heavy (non-hydrogen) atoms. The molecule has 0 saturated heterocycles. The molecule has 134 valence electrons. The van der Waals surface area contributed by atoms with Gasteiger partial charge in [-0.1, -0.05) is 18.2 Å². The molecule has 2 N–H and O–H groups in total. The number of sulfonamides is 1. The second-order valence-corrected chi connectivity index (χ2v) is 8.88. The number of hydrogen-bond acceptors (Lipinski definition) is 5. The van der Waals surface area contributed by atoms with Crippen molar-refractivity contribution in [3.63, 3.8) is 0 Å². The molecule has 0 spiro atoms. The number of ether oxygens (including phenoxy) is 1. The van der Waals surface area contributed by atoms with Crippen molar-refractivity contribution >= 4 is 27.3 Å². The predicted octanol–water partition coefficient (Wildman–Crippen LogP) is 2.09. The van der Waals surface area contributed by atoms with Gasteiger partial charge in [-0.25, -0.2) is 13.1 Å². The number of nitrogens with one attached hydrogen (secondary N) is 2. The Balaban J connectivity index is 1.61. The number of rotatable bonds is 6. The van der Waals surface area contributed by atoms with Crippen molar-refractivity contribution < 1.29 is 17.9 Å². The number of hydrogen-bond donors (Lipinski definition) is 2. The second-order valence-electron chi connectivity index (χ2n) is 5.88. The van der Waals surface area contributed by atoms with Gasteiger partial charge in [0.25, 0.3) is 5.91 Å². The van der Waals surface area contributed by atoms with Gasteiger partial charge in [0.05, 0.1) is 23.8 Å². The fraction of sp³-hybridized carbons (Fsp3) is 0.353. The van der Waals surface area contributed by atoms with Crippen molar-refractivity contribution in [2.75, 3.05) is 19.4 Å². The molecule has 1 aromatic carbocycles. The van der Waals surface area contributed by atoms with E-state index in [1.54, 1.807) is 6.07 Å². The van der Waals surface area contributed by atoms with E-state index in [2.05, 4.69) is 10.0 Å². The van der Waals surface area contributed by atoms with E-state index >= 15 is 0 Å². The Morgan fingerprint density at radius 3 is 2.88 bits per heavy atom. The molecule has 0 saturated carbocycles. The number of para-hydroxylation sites is 1. The zero-order valence-electron chi connectivity index (χ0n) is 13.8. The highest BCUT2D eigenvalue weighted by Crippen LogP contribution is 2.32. The molecule has 1 aromatic heterocycles. The van der Waals surface area contributed by atoms with Crippen LogP contribution in [0.15, 0.2) is 36.4 Å². The summed E-state index contributed by atoms with van der Waals surface area (Å²) in [5.74, 6) is 0.701. The van der Waals surface area contributed by atoms with Crippen LogP contribution in [0.25, 0.3) is 0 Å². The summed E-state index contributed by atoms with van der Waals surface area (Å²) in [5, 5.41) is 3.07. The van der Waals surface area contributed by atoms with E-state index in [1.165, 1.54) is 11.3 Å². The van der Waals surface area contributed by atoms with Crippen LogP contribution in [-0.2, 0) is 16.4 Å². The molecule has 1 atom stereocenters. The minimum absolute atomic E-state index is 0.0603. The molecule has 1 aliphatic heterocycles. The Morgan fingerprint density at radius 1 is 1.28 bits per heavy atom. The first-order valence-corrected chi connectivity index (χ1v) is 10.7. The van der Waals surface area contributed by atoms with Gasteiger partial charge in [-0.15, -0.1) is 11.3 Å². The maximum atomic E-state index is 12.5. The summed E-state index contributed by atoms with van der Waals surface area (Å²) in [7, 11) is -3.19. The topological polar surface area (TPSA) is 84.5 Å². The monoisotopic (exact) mass is 380 g/mol. The van der Waals surface area contributed by atoms with Crippen LogP contribution in [0.4, 0.5) is 0 Å². The standard InChI is InChI=1S/C17H20N2O4S2/c1-25(21,22)18-10-8-12-6-7-16(24-12)17(20)19-14-9-11-23-15-5-3-2-4-13(14)15/h2-7,14,18H,8-11H2,1H3,(H,19,20). The van der Waals surface area contributed by atoms with Gasteiger partial charge in [0, 0.05) is 23.4 Å². The Labute approximate surface area is 151 Å². The van der Waals surface area contributed by atoms with Gasteiger partial charge in [-0.2, -0.15) is 0 Å². The lowest BCUT2D eigenvalue weighted by Crippen LogP contribution is -2.31. The van der Waals surface area contributed by atoms with Crippen molar-refractivity contribution in [3.05, 3.63) is 51.7 Å². The predicted molar refractivity (Wildman–Crippen MR) is 97.6 cm³/mol. The number of carbonyl (C=O) groups excluding carboxylic acids is 1. The lowest BCUT2D eigenvalue weighted by molar-refractivity contribution is 0.0929. The lowest BCUT2D eigenvalue weighted by atomic mass is 10.0. The van der Waals surface area contributed by atoms with E-state index in [0.29, 0.717) is 24.4 Å². The quantitative estimate of drug-likeness (QED) is 0.804. The smallest absolute Gasteiger partial charge is 0.261 e. The van der Waals surface area contributed by atoms with Crippen LogP contribution in [0.5, 0.6) is 5.75 Å². The number of carbonyl (C=O) groups is 1. The van der Waals surface area contributed by atoms with Crippen molar-refractivity contribution in [1.29, 1.82) is 0 Å². The summed E-state index contributed by atoms with van der Waals surface area (Å²) in [6.45, 7) is 0.905. The number of amides is 1. The zero-order chi connectivity index (χ0) is 17.9. The van der Waals surface area contributed by atoms with Crippen molar-refractivity contribution in [1.82, 2.24) is 10.0 Å². The highest BCUT2D eigenvalue weighted by Gasteiger charge is 2.23. The molecule has 0 aliphatic carbocycles. The highest BCUT2D eigenvalue weighted by atomic mass is 32.2. The summed E-state index contributed by atoms with van der Waals surface area (Å²) >= 11 is 1.38. The van der Waals surface area contributed by atoms with E-state index in [4.69, 9.17) is 4.74 Å². The van der Waals surface area contributed by atoms with Gasteiger partial charge in [0.2, 0.25) is 10.0 Å². The maximum Gasteiger partial charge on any atom is 0.261 e. The van der Waals surface area contributed by atoms with Crippen LogP contribution in [-0.4, -0.2) is 33.7 Å². The van der Waals surface area contributed by atoms with Crippen LogP contribution in [0.3, 0.4) is 0 Å². The molecule has 0 fully saturated rings. The Bertz CT molecular complexity index is 861. The van der Waals surface area contributed by atoms with E-state index in [0.717, 1.165) is 28.9 Å². The first-order chi connectivity index (χ1) is 11.9. The van der Waals surface area contributed by atoms with Gasteiger partial charge < -0.3 is 10.1 Å². The molecule has 6 nitrogen and oxygen atoms in total. The minimum atomic E-state index is -3.19. The van der Waals surface area contributed by atoms with E-state index < -0.39 is 10.0 Å².